The first kappa shape index (κ1) is 23.7. The fraction of sp³-hybridized carbons (Fsp3) is 0.684. The fourth-order valence-corrected chi connectivity index (χ4v) is 1.52. The summed E-state index contributed by atoms with van der Waals surface area (Å²) < 4.78 is 9.81. The third-order valence-corrected chi connectivity index (χ3v) is 3.07. The average molecular weight is 326 g/mol. The van der Waals surface area contributed by atoms with Crippen LogP contribution < -0.4 is 0 Å². The van der Waals surface area contributed by atoms with Crippen molar-refractivity contribution in [1.29, 1.82) is 0 Å². The average Bonchev–Trinajstić information content (AvgIpc) is 2.52. The summed E-state index contributed by atoms with van der Waals surface area (Å²) in [4.78, 5) is 21.5. The molecule has 0 spiro atoms. The van der Waals surface area contributed by atoms with Crippen molar-refractivity contribution in [2.75, 3.05) is 13.2 Å². The van der Waals surface area contributed by atoms with E-state index in [-0.39, 0.29) is 11.9 Å². The number of rotatable bonds is 10. The van der Waals surface area contributed by atoms with Crippen LogP contribution in [0.2, 0.25) is 0 Å². The van der Waals surface area contributed by atoms with Crippen LogP contribution in [0.4, 0.5) is 0 Å². The van der Waals surface area contributed by atoms with Gasteiger partial charge in [0.25, 0.3) is 0 Å². The Balaban J connectivity index is 0. The molecule has 1 unspecified atom stereocenters. The highest BCUT2D eigenvalue weighted by Crippen LogP contribution is 2.12. The van der Waals surface area contributed by atoms with Gasteiger partial charge in [0.2, 0.25) is 0 Å². The van der Waals surface area contributed by atoms with E-state index in [0.717, 1.165) is 12.8 Å². The molecule has 0 aliphatic rings. The zero-order valence-corrected chi connectivity index (χ0v) is 15.5. The van der Waals surface area contributed by atoms with Crippen LogP contribution in [0, 0.1) is 11.8 Å². The Morgan fingerprint density at radius 2 is 1.74 bits per heavy atom. The Labute approximate surface area is 141 Å². The van der Waals surface area contributed by atoms with Crippen molar-refractivity contribution in [3.63, 3.8) is 0 Å². The van der Waals surface area contributed by atoms with Gasteiger partial charge in [-0.1, -0.05) is 60.1 Å². The van der Waals surface area contributed by atoms with Crippen LogP contribution >= 0.6 is 0 Å². The van der Waals surface area contributed by atoms with E-state index in [2.05, 4.69) is 27.0 Å². The quantitative estimate of drug-likeness (QED) is 0.431. The second-order valence-corrected chi connectivity index (χ2v) is 6.02. The van der Waals surface area contributed by atoms with Gasteiger partial charge in [0, 0.05) is 11.6 Å². The number of hydrogen-bond acceptors (Lipinski definition) is 4. The summed E-state index contributed by atoms with van der Waals surface area (Å²) in [5.74, 6) is 0.302. The molecule has 0 aromatic heterocycles. The minimum atomic E-state index is -0.310. The van der Waals surface area contributed by atoms with Gasteiger partial charge in [-0.15, -0.1) is 0 Å². The molecule has 134 valence electrons. The molecule has 0 aromatic rings. The molecule has 1 atom stereocenters. The van der Waals surface area contributed by atoms with Crippen LogP contribution in [0.25, 0.3) is 0 Å². The lowest BCUT2D eigenvalue weighted by molar-refractivity contribution is -0.140. The predicted molar refractivity (Wildman–Crippen MR) is 95.1 cm³/mol. The van der Waals surface area contributed by atoms with Gasteiger partial charge in [-0.25, -0.2) is 9.59 Å². The molecule has 23 heavy (non-hydrogen) atoms. The Kier molecular flexibility index (Phi) is 15.8. The van der Waals surface area contributed by atoms with Crippen molar-refractivity contribution < 1.29 is 19.1 Å². The summed E-state index contributed by atoms with van der Waals surface area (Å²) in [6.45, 7) is 17.8. The Hall–Kier alpha value is -1.58. The monoisotopic (exact) mass is 326 g/mol. The summed E-state index contributed by atoms with van der Waals surface area (Å²) in [6.07, 6.45) is 5.85. The molecule has 0 saturated heterocycles. The van der Waals surface area contributed by atoms with E-state index < -0.39 is 0 Å². The Morgan fingerprint density at radius 3 is 2.13 bits per heavy atom. The molecule has 4 heteroatoms. The lowest BCUT2D eigenvalue weighted by atomic mass is 10.0. The van der Waals surface area contributed by atoms with E-state index in [1.165, 1.54) is 18.9 Å². The first-order valence-corrected chi connectivity index (χ1v) is 8.40. The van der Waals surface area contributed by atoms with Gasteiger partial charge >= 0.3 is 11.9 Å². The highest BCUT2D eigenvalue weighted by molar-refractivity contribution is 5.86. The normalized spacial score (nSPS) is 11.0. The van der Waals surface area contributed by atoms with Crippen LogP contribution in [0.1, 0.15) is 60.3 Å². The van der Waals surface area contributed by atoms with E-state index in [1.54, 1.807) is 6.92 Å². The summed E-state index contributed by atoms with van der Waals surface area (Å²) in [5, 5.41) is 0. The van der Waals surface area contributed by atoms with Gasteiger partial charge in [0.05, 0.1) is 13.2 Å². The number of carbonyl (C=O) groups excluding carboxylic acids is 2. The van der Waals surface area contributed by atoms with Crippen molar-refractivity contribution >= 4 is 11.9 Å². The smallest absolute Gasteiger partial charge is 0.333 e. The van der Waals surface area contributed by atoms with E-state index in [9.17, 15) is 9.59 Å². The SMILES string of the molecule is C=C(C)C(=O)OCC(C)C.C=CC(=O)OCC(CC)CCCC. The van der Waals surface area contributed by atoms with Crippen molar-refractivity contribution in [2.45, 2.75) is 60.3 Å². The van der Waals surface area contributed by atoms with E-state index in [0.29, 0.717) is 30.6 Å². The minimum absolute atomic E-state index is 0.297. The van der Waals surface area contributed by atoms with Crippen molar-refractivity contribution in [3.05, 3.63) is 24.8 Å². The Morgan fingerprint density at radius 1 is 1.13 bits per heavy atom. The highest BCUT2D eigenvalue weighted by Gasteiger charge is 2.07. The van der Waals surface area contributed by atoms with Crippen LogP contribution in [0.3, 0.4) is 0 Å². The van der Waals surface area contributed by atoms with Crippen LogP contribution in [0.15, 0.2) is 24.8 Å². The highest BCUT2D eigenvalue weighted by atomic mass is 16.5. The van der Waals surface area contributed by atoms with Gasteiger partial charge in [0.15, 0.2) is 0 Å². The first-order chi connectivity index (χ1) is 10.8. The fourth-order valence-electron chi connectivity index (χ4n) is 1.52. The second kappa shape index (κ2) is 15.3. The molecular weight excluding hydrogens is 292 g/mol. The maximum atomic E-state index is 10.8. The summed E-state index contributed by atoms with van der Waals surface area (Å²) in [7, 11) is 0. The molecule has 0 radical (unpaired) electrons. The maximum Gasteiger partial charge on any atom is 0.333 e. The molecule has 0 heterocycles. The molecule has 0 amide bonds. The molecule has 0 saturated carbocycles. The van der Waals surface area contributed by atoms with Crippen LogP contribution in [-0.4, -0.2) is 25.2 Å². The molecule has 4 nitrogen and oxygen atoms in total. The minimum Gasteiger partial charge on any atom is -0.462 e. The second-order valence-electron chi connectivity index (χ2n) is 6.02. The zero-order valence-electron chi connectivity index (χ0n) is 15.5. The zero-order chi connectivity index (χ0) is 18.3. The predicted octanol–water partition coefficient (Wildman–Crippen LogP) is 4.69. The molecule has 0 fully saturated rings. The number of hydrogen-bond donors (Lipinski definition) is 0. The molecule has 0 bridgehead atoms. The third-order valence-electron chi connectivity index (χ3n) is 3.07. The number of unbranched alkanes of at least 4 members (excludes halogenated alkanes) is 1. The van der Waals surface area contributed by atoms with Crippen LogP contribution in [0.5, 0.6) is 0 Å². The van der Waals surface area contributed by atoms with Crippen LogP contribution in [-0.2, 0) is 19.1 Å². The molecule has 0 aliphatic heterocycles. The van der Waals surface area contributed by atoms with Gasteiger partial charge in [-0.05, 0) is 25.2 Å². The Bertz CT molecular complexity index is 358. The van der Waals surface area contributed by atoms with E-state index >= 15 is 0 Å². The van der Waals surface area contributed by atoms with Crippen molar-refractivity contribution in [2.24, 2.45) is 11.8 Å². The lowest BCUT2D eigenvalue weighted by Gasteiger charge is -2.13. The molecule has 0 rings (SSSR count). The molecular formula is C19H34O4. The number of ether oxygens (including phenoxy) is 2. The van der Waals surface area contributed by atoms with Crippen molar-refractivity contribution in [1.82, 2.24) is 0 Å². The lowest BCUT2D eigenvalue weighted by Crippen LogP contribution is -2.12. The van der Waals surface area contributed by atoms with Gasteiger partial charge < -0.3 is 9.47 Å². The number of esters is 2. The van der Waals surface area contributed by atoms with Crippen molar-refractivity contribution in [3.8, 4) is 0 Å². The van der Waals surface area contributed by atoms with Gasteiger partial charge in [-0.3, -0.25) is 0 Å². The third kappa shape index (κ3) is 16.6. The number of carbonyl (C=O) groups is 2. The maximum absolute atomic E-state index is 10.8. The molecule has 0 N–H and O–H groups in total. The largest absolute Gasteiger partial charge is 0.462 e. The van der Waals surface area contributed by atoms with Gasteiger partial charge in [-0.2, -0.15) is 0 Å². The summed E-state index contributed by atoms with van der Waals surface area (Å²) in [5.41, 5.74) is 0.459. The summed E-state index contributed by atoms with van der Waals surface area (Å²) in [6, 6.07) is 0. The van der Waals surface area contributed by atoms with E-state index in [4.69, 9.17) is 9.47 Å². The standard InChI is InChI=1S/C11H20O2.C8H14O2/c1-4-7-8-10(5-2)9-13-11(12)6-3;1-6(2)5-10-8(9)7(3)4/h6,10H,3-5,7-9H2,1-2H3;6H,3,5H2,1-2,4H3. The topological polar surface area (TPSA) is 52.6 Å². The first-order valence-electron chi connectivity index (χ1n) is 8.40. The molecule has 0 aromatic carbocycles. The summed E-state index contributed by atoms with van der Waals surface area (Å²) >= 11 is 0. The molecule has 0 aliphatic carbocycles. The van der Waals surface area contributed by atoms with E-state index in [1.807, 2.05) is 13.8 Å². The van der Waals surface area contributed by atoms with Gasteiger partial charge in [0.1, 0.15) is 0 Å².